The summed E-state index contributed by atoms with van der Waals surface area (Å²) in [5.74, 6) is 0. The average Bonchev–Trinajstić information content (AvgIpc) is 2.79. The Bertz CT molecular complexity index is 301. The van der Waals surface area contributed by atoms with Gasteiger partial charge in [-0.3, -0.25) is 0 Å². The van der Waals surface area contributed by atoms with Crippen LogP contribution in [0.25, 0.3) is 0 Å². The van der Waals surface area contributed by atoms with Gasteiger partial charge in [-0.1, -0.05) is 0 Å². The van der Waals surface area contributed by atoms with Crippen molar-refractivity contribution < 1.29 is 34.6 Å². The van der Waals surface area contributed by atoms with Crippen molar-refractivity contribution in [3.63, 3.8) is 0 Å². The predicted molar refractivity (Wildman–Crippen MR) is 135 cm³/mol. The fourth-order valence-corrected chi connectivity index (χ4v) is 4.40. The second kappa shape index (κ2) is 26.2. The molecule has 0 saturated heterocycles. The molecule has 0 atom stereocenters. The van der Waals surface area contributed by atoms with Crippen molar-refractivity contribution in [2.45, 2.75) is 160 Å². The number of ether oxygens (including phenoxy) is 3. The Morgan fingerprint density at radius 3 is 0.844 bits per heavy atom. The van der Waals surface area contributed by atoms with Crippen LogP contribution in [0.4, 0.5) is 0 Å². The molecule has 0 aromatic carbocycles. The van der Waals surface area contributed by atoms with Crippen molar-refractivity contribution >= 4 is 0 Å². The van der Waals surface area contributed by atoms with Gasteiger partial charge in [-0.25, -0.2) is 0 Å². The number of hydrogen-bond donors (Lipinski definition) is 0. The van der Waals surface area contributed by atoms with E-state index in [-0.39, 0.29) is 0 Å². The molecule has 0 bridgehead atoms. The average molecular weight is 490 g/mol. The monoisotopic (exact) mass is 489 g/mol. The molecule has 0 aliphatic heterocycles. The first-order chi connectivity index (χ1) is 15.7. The molecule has 0 unspecified atom stereocenters. The van der Waals surface area contributed by atoms with Gasteiger partial charge in [0.1, 0.15) is 0 Å². The van der Waals surface area contributed by atoms with Crippen molar-refractivity contribution in [2.24, 2.45) is 0 Å². The van der Waals surface area contributed by atoms with E-state index in [1.165, 1.54) is 116 Å². The third-order valence-electron chi connectivity index (χ3n) is 6.12. The minimum atomic E-state index is -0.868. The molecule has 0 spiro atoms. The number of unbranched alkanes of at least 4 members (excludes halogenated alkanes) is 18. The summed E-state index contributed by atoms with van der Waals surface area (Å²) in [6.45, 7) is 9.02. The molecule has 4 heteroatoms. The standard InChI is InChI=1S/C28H57O3.Ti/c1-4-7-10-13-16-19-22-25-29-28(30-26-23-20-17-14-11-8-5-2)31-27-24-21-18-15-12-9-6-3;/h4-27H2,1-3H3;. The molecular formula is C28H57O3Ti. The third kappa shape index (κ3) is 23.7. The van der Waals surface area contributed by atoms with Crippen LogP contribution in [0.1, 0.15) is 156 Å². The fourth-order valence-electron chi connectivity index (χ4n) is 3.92. The van der Waals surface area contributed by atoms with Crippen molar-refractivity contribution in [1.82, 2.24) is 0 Å². The Labute approximate surface area is 213 Å². The van der Waals surface area contributed by atoms with Crippen molar-refractivity contribution in [3.8, 4) is 0 Å². The van der Waals surface area contributed by atoms with E-state index in [4.69, 9.17) is 14.2 Å². The molecule has 0 aliphatic rings. The van der Waals surface area contributed by atoms with E-state index in [9.17, 15) is 0 Å². The van der Waals surface area contributed by atoms with Gasteiger partial charge in [0.25, 0.3) is 0 Å². The molecule has 0 saturated carbocycles. The molecule has 191 valence electrons. The summed E-state index contributed by atoms with van der Waals surface area (Å²) in [6.07, 6.45) is 27.2. The second-order valence-electron chi connectivity index (χ2n) is 9.47. The third-order valence-corrected chi connectivity index (χ3v) is 6.80. The summed E-state index contributed by atoms with van der Waals surface area (Å²) in [4.78, 5) is 0. The van der Waals surface area contributed by atoms with E-state index in [1.807, 2.05) is 20.4 Å². The molecule has 0 radical (unpaired) electrons. The summed E-state index contributed by atoms with van der Waals surface area (Å²) in [5, 5.41) is 0. The number of rotatable bonds is 27. The second-order valence-corrected chi connectivity index (χ2v) is 10.4. The first-order valence-electron chi connectivity index (χ1n) is 14.3. The van der Waals surface area contributed by atoms with E-state index < -0.39 is 4.28 Å². The molecule has 0 aliphatic carbocycles. The topological polar surface area (TPSA) is 27.7 Å². The predicted octanol–water partition coefficient (Wildman–Crippen LogP) is 9.45. The van der Waals surface area contributed by atoms with E-state index in [1.54, 1.807) is 0 Å². The molecule has 0 rings (SSSR count). The van der Waals surface area contributed by atoms with Crippen LogP contribution in [0, 0.1) is 0 Å². The molecule has 3 nitrogen and oxygen atoms in total. The van der Waals surface area contributed by atoms with Gasteiger partial charge in [-0.15, -0.1) is 0 Å². The first kappa shape index (κ1) is 32.6. The maximum absolute atomic E-state index is 6.13. The van der Waals surface area contributed by atoms with Gasteiger partial charge < -0.3 is 0 Å². The van der Waals surface area contributed by atoms with E-state index in [2.05, 4.69) is 20.8 Å². The van der Waals surface area contributed by atoms with E-state index in [0.717, 1.165) is 39.1 Å². The molecule has 0 amide bonds. The molecule has 0 fully saturated rings. The Hall–Kier alpha value is 0.594. The summed E-state index contributed by atoms with van der Waals surface area (Å²) in [5.41, 5.74) is 0. The molecule has 32 heavy (non-hydrogen) atoms. The van der Waals surface area contributed by atoms with Crippen LogP contribution in [0.2, 0.25) is 0 Å². The minimum absolute atomic E-state index is 0.734. The normalized spacial score (nSPS) is 11.9. The molecule has 0 heterocycles. The van der Waals surface area contributed by atoms with Crippen LogP contribution < -0.4 is 0 Å². The summed E-state index contributed by atoms with van der Waals surface area (Å²) in [6, 6.07) is 0. The van der Waals surface area contributed by atoms with Crippen LogP contribution in [0.5, 0.6) is 0 Å². The van der Waals surface area contributed by atoms with Crippen LogP contribution in [-0.4, -0.2) is 24.1 Å². The maximum atomic E-state index is 6.13. The molecule has 0 aromatic rings. The molecule has 0 aromatic heterocycles. The first-order valence-corrected chi connectivity index (χ1v) is 15.1. The summed E-state index contributed by atoms with van der Waals surface area (Å²) < 4.78 is 17.5. The summed E-state index contributed by atoms with van der Waals surface area (Å²) >= 11 is 1.98. The van der Waals surface area contributed by atoms with Crippen LogP contribution in [0.3, 0.4) is 0 Å². The van der Waals surface area contributed by atoms with Gasteiger partial charge in [-0.05, 0) is 0 Å². The van der Waals surface area contributed by atoms with Gasteiger partial charge in [0, 0.05) is 0 Å². The fraction of sp³-hybridized carbons (Fsp3) is 1.00. The van der Waals surface area contributed by atoms with Gasteiger partial charge in [0.05, 0.1) is 0 Å². The zero-order valence-corrected chi connectivity index (χ0v) is 23.8. The zero-order chi connectivity index (χ0) is 23.6. The zero-order valence-electron chi connectivity index (χ0n) is 22.2. The van der Waals surface area contributed by atoms with E-state index in [0.29, 0.717) is 0 Å². The van der Waals surface area contributed by atoms with Crippen molar-refractivity contribution in [1.29, 1.82) is 0 Å². The van der Waals surface area contributed by atoms with Crippen molar-refractivity contribution in [2.75, 3.05) is 19.8 Å². The Balaban J connectivity index is 4.04. The van der Waals surface area contributed by atoms with Crippen LogP contribution in [-0.2, 0) is 34.6 Å². The number of hydrogen-bond acceptors (Lipinski definition) is 3. The molecule has 0 N–H and O–H groups in total. The quantitative estimate of drug-likeness (QED) is 0.0653. The van der Waals surface area contributed by atoms with Crippen LogP contribution >= 0.6 is 0 Å². The van der Waals surface area contributed by atoms with Gasteiger partial charge >= 0.3 is 214 Å². The Kier molecular flexibility index (Phi) is 26.7. The Morgan fingerprint density at radius 2 is 0.594 bits per heavy atom. The van der Waals surface area contributed by atoms with E-state index >= 15 is 0 Å². The van der Waals surface area contributed by atoms with Gasteiger partial charge in [0.15, 0.2) is 0 Å². The van der Waals surface area contributed by atoms with Crippen LogP contribution in [0.15, 0.2) is 0 Å². The SMILES string of the molecule is CCCCCCCCCO[C]([Ti])(OCCCCCCCCC)OCCCCCCCCC. The molecular weight excluding hydrogens is 432 g/mol. The van der Waals surface area contributed by atoms with Gasteiger partial charge in [0.2, 0.25) is 0 Å². The van der Waals surface area contributed by atoms with Crippen molar-refractivity contribution in [3.05, 3.63) is 0 Å². The Morgan fingerprint density at radius 1 is 0.375 bits per heavy atom. The van der Waals surface area contributed by atoms with Gasteiger partial charge in [-0.2, -0.15) is 0 Å². The summed E-state index contributed by atoms with van der Waals surface area (Å²) in [7, 11) is 0.